The SMILES string of the molecule is Cc1noc(C2CCCN2C(=O)c2cccc(C(F)(F)F)c2)n1. The van der Waals surface area contributed by atoms with Crippen molar-refractivity contribution < 1.29 is 22.5 Å². The van der Waals surface area contributed by atoms with Gasteiger partial charge in [0.2, 0.25) is 5.89 Å². The fraction of sp³-hybridized carbons (Fsp3) is 0.400. The van der Waals surface area contributed by atoms with Crippen LogP contribution in [0.25, 0.3) is 0 Å². The zero-order valence-corrected chi connectivity index (χ0v) is 12.3. The maximum absolute atomic E-state index is 12.8. The number of carbonyl (C=O) groups is 1. The van der Waals surface area contributed by atoms with E-state index in [1.54, 1.807) is 6.92 Å². The highest BCUT2D eigenvalue weighted by atomic mass is 19.4. The van der Waals surface area contributed by atoms with Gasteiger partial charge in [0, 0.05) is 12.1 Å². The Morgan fingerprint density at radius 3 is 2.83 bits per heavy atom. The van der Waals surface area contributed by atoms with Crippen molar-refractivity contribution in [1.29, 1.82) is 0 Å². The highest BCUT2D eigenvalue weighted by molar-refractivity contribution is 5.94. The lowest BCUT2D eigenvalue weighted by molar-refractivity contribution is -0.137. The predicted molar refractivity (Wildman–Crippen MR) is 73.5 cm³/mol. The maximum Gasteiger partial charge on any atom is 0.416 e. The number of hydrogen-bond acceptors (Lipinski definition) is 4. The smallest absolute Gasteiger partial charge is 0.337 e. The number of carbonyl (C=O) groups excluding carboxylic acids is 1. The summed E-state index contributed by atoms with van der Waals surface area (Å²) < 4.78 is 43.5. The lowest BCUT2D eigenvalue weighted by Gasteiger charge is -2.22. The molecule has 3 rings (SSSR count). The van der Waals surface area contributed by atoms with E-state index in [9.17, 15) is 18.0 Å². The van der Waals surface area contributed by atoms with Crippen LogP contribution in [0.3, 0.4) is 0 Å². The van der Waals surface area contributed by atoms with E-state index in [4.69, 9.17) is 4.52 Å². The molecule has 2 aromatic rings. The summed E-state index contributed by atoms with van der Waals surface area (Å²) in [6.45, 7) is 2.11. The minimum Gasteiger partial charge on any atom is -0.337 e. The summed E-state index contributed by atoms with van der Waals surface area (Å²) in [7, 11) is 0. The number of likely N-dealkylation sites (tertiary alicyclic amines) is 1. The summed E-state index contributed by atoms with van der Waals surface area (Å²) in [5.74, 6) is 0.313. The molecule has 0 N–H and O–H groups in total. The van der Waals surface area contributed by atoms with Crippen molar-refractivity contribution in [2.24, 2.45) is 0 Å². The van der Waals surface area contributed by atoms with Crippen molar-refractivity contribution >= 4 is 5.91 Å². The molecule has 1 saturated heterocycles. The molecule has 1 aromatic heterocycles. The van der Waals surface area contributed by atoms with Crippen molar-refractivity contribution in [1.82, 2.24) is 15.0 Å². The number of rotatable bonds is 2. The number of alkyl halides is 3. The third kappa shape index (κ3) is 3.06. The van der Waals surface area contributed by atoms with Gasteiger partial charge in [-0.05, 0) is 38.0 Å². The van der Waals surface area contributed by atoms with Crippen LogP contribution in [-0.4, -0.2) is 27.5 Å². The molecule has 2 heterocycles. The van der Waals surface area contributed by atoms with Crippen LogP contribution in [0.4, 0.5) is 13.2 Å². The Hall–Kier alpha value is -2.38. The summed E-state index contributed by atoms with van der Waals surface area (Å²) in [5.41, 5.74) is -0.837. The number of aromatic nitrogens is 2. The topological polar surface area (TPSA) is 59.2 Å². The molecular formula is C15H14F3N3O2. The predicted octanol–water partition coefficient (Wildman–Crippen LogP) is 3.37. The summed E-state index contributed by atoms with van der Waals surface area (Å²) in [5, 5.41) is 3.70. The van der Waals surface area contributed by atoms with E-state index in [1.807, 2.05) is 0 Å². The second-order valence-electron chi connectivity index (χ2n) is 5.41. The number of halogens is 3. The van der Waals surface area contributed by atoms with Crippen LogP contribution in [0.5, 0.6) is 0 Å². The normalized spacial score (nSPS) is 18.4. The van der Waals surface area contributed by atoms with Gasteiger partial charge in [-0.3, -0.25) is 4.79 Å². The molecule has 0 aliphatic carbocycles. The van der Waals surface area contributed by atoms with Gasteiger partial charge in [-0.25, -0.2) is 0 Å². The molecule has 0 spiro atoms. The van der Waals surface area contributed by atoms with Crippen LogP contribution in [0.1, 0.15) is 46.5 Å². The third-order valence-electron chi connectivity index (χ3n) is 3.78. The van der Waals surface area contributed by atoms with Crippen molar-refractivity contribution in [3.8, 4) is 0 Å². The summed E-state index contributed by atoms with van der Waals surface area (Å²) in [6, 6.07) is 4.04. The molecule has 23 heavy (non-hydrogen) atoms. The Balaban J connectivity index is 1.87. The van der Waals surface area contributed by atoms with Crippen LogP contribution in [0, 0.1) is 6.92 Å². The van der Waals surface area contributed by atoms with E-state index in [-0.39, 0.29) is 5.56 Å². The highest BCUT2D eigenvalue weighted by Crippen LogP contribution is 2.34. The van der Waals surface area contributed by atoms with E-state index >= 15 is 0 Å². The standard InChI is InChI=1S/C15H14F3N3O2/c1-9-19-13(23-20-9)12-6-3-7-21(12)14(22)10-4-2-5-11(8-10)15(16,17)18/h2,4-5,8,12H,3,6-7H2,1H3. The highest BCUT2D eigenvalue weighted by Gasteiger charge is 2.36. The summed E-state index contributed by atoms with van der Waals surface area (Å²) in [4.78, 5) is 18.2. The quantitative estimate of drug-likeness (QED) is 0.849. The molecule has 0 radical (unpaired) electrons. The fourth-order valence-electron chi connectivity index (χ4n) is 2.71. The average Bonchev–Trinajstić information content (AvgIpc) is 3.14. The first-order valence-electron chi connectivity index (χ1n) is 7.14. The molecule has 1 aliphatic rings. The number of benzene rings is 1. The molecule has 122 valence electrons. The van der Waals surface area contributed by atoms with Gasteiger partial charge in [0.25, 0.3) is 5.91 Å². The van der Waals surface area contributed by atoms with Crippen molar-refractivity contribution in [2.75, 3.05) is 6.54 Å². The van der Waals surface area contributed by atoms with Gasteiger partial charge < -0.3 is 9.42 Å². The van der Waals surface area contributed by atoms with E-state index in [0.717, 1.165) is 18.6 Å². The second-order valence-corrected chi connectivity index (χ2v) is 5.41. The maximum atomic E-state index is 12.8. The number of aryl methyl sites for hydroxylation is 1. The lowest BCUT2D eigenvalue weighted by atomic mass is 10.1. The third-order valence-corrected chi connectivity index (χ3v) is 3.78. The Morgan fingerprint density at radius 1 is 1.39 bits per heavy atom. The van der Waals surface area contributed by atoms with Crippen LogP contribution < -0.4 is 0 Å². The Morgan fingerprint density at radius 2 is 2.17 bits per heavy atom. The van der Waals surface area contributed by atoms with E-state index < -0.39 is 23.7 Å². The molecule has 5 nitrogen and oxygen atoms in total. The first-order chi connectivity index (χ1) is 10.9. The first kappa shape index (κ1) is 15.5. The minimum absolute atomic E-state index is 0.00274. The lowest BCUT2D eigenvalue weighted by Crippen LogP contribution is -2.31. The molecule has 1 amide bonds. The van der Waals surface area contributed by atoms with E-state index in [1.165, 1.54) is 17.0 Å². The Kier molecular flexibility index (Phi) is 3.83. The molecule has 1 unspecified atom stereocenters. The van der Waals surface area contributed by atoms with Crippen LogP contribution >= 0.6 is 0 Å². The van der Waals surface area contributed by atoms with Crippen molar-refractivity contribution in [3.63, 3.8) is 0 Å². The first-order valence-corrected chi connectivity index (χ1v) is 7.14. The molecule has 0 saturated carbocycles. The monoisotopic (exact) mass is 325 g/mol. The zero-order valence-electron chi connectivity index (χ0n) is 12.3. The molecule has 1 fully saturated rings. The van der Waals surface area contributed by atoms with Gasteiger partial charge in [0.15, 0.2) is 5.82 Å². The van der Waals surface area contributed by atoms with Gasteiger partial charge in [0.1, 0.15) is 6.04 Å². The molecule has 1 atom stereocenters. The molecule has 1 aromatic carbocycles. The summed E-state index contributed by atoms with van der Waals surface area (Å²) in [6.07, 6.45) is -3.10. The number of amides is 1. The Bertz CT molecular complexity index is 727. The number of nitrogens with zero attached hydrogens (tertiary/aromatic N) is 3. The fourth-order valence-corrected chi connectivity index (χ4v) is 2.71. The molecule has 0 bridgehead atoms. The van der Waals surface area contributed by atoms with Gasteiger partial charge in [-0.2, -0.15) is 18.2 Å². The van der Waals surface area contributed by atoms with Crippen LogP contribution in [-0.2, 0) is 6.18 Å². The number of hydrogen-bond donors (Lipinski definition) is 0. The average molecular weight is 325 g/mol. The van der Waals surface area contributed by atoms with Gasteiger partial charge in [-0.15, -0.1) is 0 Å². The Labute approximate surface area is 130 Å². The van der Waals surface area contributed by atoms with Gasteiger partial charge in [0.05, 0.1) is 5.56 Å². The summed E-state index contributed by atoms with van der Waals surface area (Å²) >= 11 is 0. The van der Waals surface area contributed by atoms with E-state index in [2.05, 4.69) is 10.1 Å². The van der Waals surface area contributed by atoms with E-state index in [0.29, 0.717) is 24.7 Å². The van der Waals surface area contributed by atoms with Gasteiger partial charge in [-0.1, -0.05) is 11.2 Å². The van der Waals surface area contributed by atoms with Crippen molar-refractivity contribution in [3.05, 3.63) is 47.1 Å². The second kappa shape index (κ2) is 5.68. The molecule has 8 heteroatoms. The largest absolute Gasteiger partial charge is 0.416 e. The van der Waals surface area contributed by atoms with Crippen LogP contribution in [0.15, 0.2) is 28.8 Å². The van der Waals surface area contributed by atoms with Crippen LogP contribution in [0.2, 0.25) is 0 Å². The molecule has 1 aliphatic heterocycles. The zero-order chi connectivity index (χ0) is 16.6. The van der Waals surface area contributed by atoms with Gasteiger partial charge >= 0.3 is 6.18 Å². The minimum atomic E-state index is -4.48. The van der Waals surface area contributed by atoms with Crippen molar-refractivity contribution in [2.45, 2.75) is 32.0 Å². The molecular weight excluding hydrogens is 311 g/mol.